The van der Waals surface area contributed by atoms with Gasteiger partial charge in [0, 0.05) is 32.4 Å². The lowest BCUT2D eigenvalue weighted by molar-refractivity contribution is 0.0950. The summed E-state index contributed by atoms with van der Waals surface area (Å²) < 4.78 is 1.69. The van der Waals surface area contributed by atoms with Crippen molar-refractivity contribution in [1.82, 2.24) is 25.3 Å². The molecule has 0 saturated carbocycles. The first kappa shape index (κ1) is 11.5. The van der Waals surface area contributed by atoms with E-state index in [9.17, 15) is 4.79 Å². The average Bonchev–Trinajstić information content (AvgIpc) is 2.94. The molecule has 0 fully saturated rings. The van der Waals surface area contributed by atoms with Crippen LogP contribution in [0.2, 0.25) is 0 Å². The zero-order valence-electron chi connectivity index (χ0n) is 9.47. The van der Waals surface area contributed by atoms with Crippen LogP contribution in [-0.4, -0.2) is 32.9 Å². The van der Waals surface area contributed by atoms with E-state index in [1.807, 2.05) is 13.2 Å². The van der Waals surface area contributed by atoms with Gasteiger partial charge in [-0.15, -0.1) is 10.2 Å². The summed E-state index contributed by atoms with van der Waals surface area (Å²) in [7, 11) is 3.56. The first-order valence-electron chi connectivity index (χ1n) is 4.96. The van der Waals surface area contributed by atoms with E-state index in [0.717, 1.165) is 5.56 Å². The van der Waals surface area contributed by atoms with Gasteiger partial charge in [-0.25, -0.2) is 0 Å². The Hall–Kier alpha value is -1.96. The summed E-state index contributed by atoms with van der Waals surface area (Å²) in [6.07, 6.45) is 3.55. The van der Waals surface area contributed by atoms with Crippen molar-refractivity contribution in [1.29, 1.82) is 0 Å². The molecule has 2 N–H and O–H groups in total. The molecule has 2 rings (SSSR count). The fraction of sp³-hybridized carbons (Fsp3) is 0.333. The van der Waals surface area contributed by atoms with Crippen molar-refractivity contribution in [2.75, 3.05) is 12.4 Å². The normalized spacial score (nSPS) is 10.2. The number of carbonyl (C=O) groups excluding carboxylic acids is 1. The number of hydrogen-bond donors (Lipinski definition) is 2. The van der Waals surface area contributed by atoms with Gasteiger partial charge in [0.1, 0.15) is 0 Å². The topological polar surface area (TPSA) is 84.7 Å². The number of aromatic nitrogens is 4. The third-order valence-corrected chi connectivity index (χ3v) is 2.98. The van der Waals surface area contributed by atoms with Gasteiger partial charge in [-0.05, 0) is 0 Å². The molecule has 90 valence electrons. The van der Waals surface area contributed by atoms with Gasteiger partial charge in [0.25, 0.3) is 5.91 Å². The number of amides is 1. The van der Waals surface area contributed by atoms with Gasteiger partial charge in [0.15, 0.2) is 0 Å². The molecule has 17 heavy (non-hydrogen) atoms. The zero-order valence-corrected chi connectivity index (χ0v) is 10.3. The Morgan fingerprint density at radius 2 is 2.35 bits per heavy atom. The van der Waals surface area contributed by atoms with Gasteiger partial charge >= 0.3 is 0 Å². The van der Waals surface area contributed by atoms with Gasteiger partial charge in [0.05, 0.1) is 6.20 Å². The van der Waals surface area contributed by atoms with Crippen molar-refractivity contribution in [3.8, 4) is 0 Å². The molecular formula is C9H12N6OS. The third kappa shape index (κ3) is 2.78. The summed E-state index contributed by atoms with van der Waals surface area (Å²) in [4.78, 5) is 11.7. The van der Waals surface area contributed by atoms with E-state index in [-0.39, 0.29) is 5.91 Å². The summed E-state index contributed by atoms with van der Waals surface area (Å²) in [5.74, 6) is -0.229. The van der Waals surface area contributed by atoms with E-state index >= 15 is 0 Å². The van der Waals surface area contributed by atoms with Crippen molar-refractivity contribution in [2.24, 2.45) is 7.05 Å². The van der Waals surface area contributed by atoms with Crippen LogP contribution in [-0.2, 0) is 13.6 Å². The van der Waals surface area contributed by atoms with E-state index in [4.69, 9.17) is 0 Å². The van der Waals surface area contributed by atoms with Crippen LogP contribution in [0.15, 0.2) is 12.4 Å². The number of nitrogens with one attached hydrogen (secondary N) is 2. The molecule has 2 heterocycles. The van der Waals surface area contributed by atoms with E-state index in [0.29, 0.717) is 16.7 Å². The van der Waals surface area contributed by atoms with Gasteiger partial charge in [0.2, 0.25) is 10.1 Å². The van der Waals surface area contributed by atoms with E-state index in [1.54, 1.807) is 17.9 Å². The van der Waals surface area contributed by atoms with Crippen LogP contribution >= 0.6 is 11.3 Å². The molecule has 0 saturated heterocycles. The zero-order chi connectivity index (χ0) is 12.3. The van der Waals surface area contributed by atoms with Crippen LogP contribution in [0.3, 0.4) is 0 Å². The second-order valence-electron chi connectivity index (χ2n) is 3.37. The minimum absolute atomic E-state index is 0.229. The van der Waals surface area contributed by atoms with Gasteiger partial charge < -0.3 is 10.6 Å². The summed E-state index contributed by atoms with van der Waals surface area (Å²) in [5, 5.41) is 18.1. The number of anilines is 1. The highest BCUT2D eigenvalue weighted by Gasteiger charge is 2.11. The number of nitrogens with zero attached hydrogens (tertiary/aromatic N) is 4. The minimum atomic E-state index is -0.229. The fourth-order valence-corrected chi connectivity index (χ4v) is 1.85. The molecule has 0 aliphatic rings. The molecule has 0 aliphatic carbocycles. The average molecular weight is 252 g/mol. The minimum Gasteiger partial charge on any atom is -0.363 e. The number of carbonyl (C=O) groups is 1. The first-order valence-corrected chi connectivity index (χ1v) is 5.77. The quantitative estimate of drug-likeness (QED) is 0.814. The monoisotopic (exact) mass is 252 g/mol. The van der Waals surface area contributed by atoms with Crippen molar-refractivity contribution < 1.29 is 4.79 Å². The van der Waals surface area contributed by atoms with Crippen molar-refractivity contribution >= 4 is 22.4 Å². The smallest absolute Gasteiger partial charge is 0.282 e. The molecule has 7 nitrogen and oxygen atoms in total. The maximum Gasteiger partial charge on any atom is 0.282 e. The van der Waals surface area contributed by atoms with E-state index in [2.05, 4.69) is 25.9 Å². The Kier molecular flexibility index (Phi) is 3.33. The van der Waals surface area contributed by atoms with Gasteiger partial charge in [-0.1, -0.05) is 11.3 Å². The summed E-state index contributed by atoms with van der Waals surface area (Å²) >= 11 is 1.22. The van der Waals surface area contributed by atoms with Crippen molar-refractivity contribution in [3.63, 3.8) is 0 Å². The van der Waals surface area contributed by atoms with E-state index in [1.165, 1.54) is 11.3 Å². The number of hydrogen-bond acceptors (Lipinski definition) is 6. The Morgan fingerprint density at radius 3 is 2.94 bits per heavy atom. The Balaban J connectivity index is 1.93. The maximum atomic E-state index is 11.7. The predicted octanol–water partition coefficient (Wildman–Crippen LogP) is 0.243. The van der Waals surface area contributed by atoms with Crippen LogP contribution in [0.1, 0.15) is 15.4 Å². The predicted molar refractivity (Wildman–Crippen MR) is 63.8 cm³/mol. The van der Waals surface area contributed by atoms with Crippen LogP contribution in [0, 0.1) is 0 Å². The van der Waals surface area contributed by atoms with Crippen LogP contribution in [0.4, 0.5) is 5.13 Å². The lowest BCUT2D eigenvalue weighted by Gasteiger charge is -1.98. The van der Waals surface area contributed by atoms with Crippen molar-refractivity contribution in [3.05, 3.63) is 23.0 Å². The molecule has 0 atom stereocenters. The first-order chi connectivity index (χ1) is 8.19. The van der Waals surface area contributed by atoms with Crippen LogP contribution < -0.4 is 10.6 Å². The molecule has 2 aromatic heterocycles. The Morgan fingerprint density at radius 1 is 1.53 bits per heavy atom. The lowest BCUT2D eigenvalue weighted by atomic mass is 10.3. The van der Waals surface area contributed by atoms with Gasteiger partial charge in [-0.3, -0.25) is 9.48 Å². The SMILES string of the molecule is CNc1nnc(C(=O)NCc2cnn(C)c2)s1. The van der Waals surface area contributed by atoms with E-state index < -0.39 is 0 Å². The molecule has 1 amide bonds. The maximum absolute atomic E-state index is 11.7. The highest BCUT2D eigenvalue weighted by Crippen LogP contribution is 2.13. The second-order valence-corrected chi connectivity index (χ2v) is 4.34. The summed E-state index contributed by atoms with van der Waals surface area (Å²) in [5.41, 5.74) is 0.944. The molecule has 0 spiro atoms. The van der Waals surface area contributed by atoms with Gasteiger partial charge in [-0.2, -0.15) is 5.10 Å². The molecule has 0 unspecified atom stereocenters. The molecule has 2 aromatic rings. The number of rotatable bonds is 4. The highest BCUT2D eigenvalue weighted by atomic mass is 32.1. The molecule has 0 radical (unpaired) electrons. The van der Waals surface area contributed by atoms with Crippen LogP contribution in [0.5, 0.6) is 0 Å². The fourth-order valence-electron chi connectivity index (χ4n) is 1.24. The summed E-state index contributed by atoms with van der Waals surface area (Å²) in [6.45, 7) is 0.432. The van der Waals surface area contributed by atoms with Crippen molar-refractivity contribution in [2.45, 2.75) is 6.54 Å². The number of aryl methyl sites for hydroxylation is 1. The van der Waals surface area contributed by atoms with Crippen LogP contribution in [0.25, 0.3) is 0 Å². The standard InChI is InChI=1S/C9H12N6OS/c1-10-9-14-13-8(17-9)7(16)11-3-6-4-12-15(2)5-6/h4-5H,3H2,1-2H3,(H,10,14)(H,11,16). The molecule has 8 heteroatoms. The molecule has 0 aliphatic heterocycles. The largest absolute Gasteiger partial charge is 0.363 e. The highest BCUT2D eigenvalue weighted by molar-refractivity contribution is 7.17. The summed E-state index contributed by atoms with van der Waals surface area (Å²) in [6, 6.07) is 0. The lowest BCUT2D eigenvalue weighted by Crippen LogP contribution is -2.22. The molecule has 0 bridgehead atoms. The molecule has 0 aromatic carbocycles. The molecular weight excluding hydrogens is 240 g/mol. The third-order valence-electron chi connectivity index (χ3n) is 2.04. The Bertz CT molecular complexity index is 519. The second kappa shape index (κ2) is 4.91. The Labute approximate surface area is 102 Å².